The zero-order chi connectivity index (χ0) is 16.0. The molecular formula is C16H16N4O3. The van der Waals surface area contributed by atoms with Crippen molar-refractivity contribution in [1.82, 2.24) is 19.3 Å². The molecule has 0 saturated heterocycles. The standard InChI is InChI=1S/C16H16N4O3/c1-10-12(8-18-19(10)2)20-5-4-17-16(20)11-6-14-15(23-9-22-14)7-13(11)21-3/h4-8H,9H2,1-3H3. The molecule has 0 N–H and O–H groups in total. The lowest BCUT2D eigenvalue weighted by atomic mass is 10.1. The molecule has 1 aliphatic rings. The van der Waals surface area contributed by atoms with Crippen molar-refractivity contribution in [2.45, 2.75) is 6.92 Å². The molecule has 0 aliphatic carbocycles. The molecule has 3 heterocycles. The molecule has 1 aromatic carbocycles. The van der Waals surface area contributed by atoms with E-state index >= 15 is 0 Å². The third kappa shape index (κ3) is 2.04. The maximum Gasteiger partial charge on any atom is 0.231 e. The van der Waals surface area contributed by atoms with Crippen molar-refractivity contribution in [2.75, 3.05) is 13.9 Å². The number of aryl methyl sites for hydroxylation is 1. The fourth-order valence-corrected chi connectivity index (χ4v) is 2.69. The lowest BCUT2D eigenvalue weighted by Crippen LogP contribution is -2.00. The Morgan fingerprint density at radius 1 is 1.22 bits per heavy atom. The van der Waals surface area contributed by atoms with Gasteiger partial charge in [0, 0.05) is 25.5 Å². The van der Waals surface area contributed by atoms with E-state index in [0.29, 0.717) is 17.2 Å². The summed E-state index contributed by atoms with van der Waals surface area (Å²) in [6.07, 6.45) is 5.48. The lowest BCUT2D eigenvalue weighted by Gasteiger charge is -2.12. The van der Waals surface area contributed by atoms with Crippen molar-refractivity contribution in [2.24, 2.45) is 7.05 Å². The first kappa shape index (κ1) is 13.7. The number of rotatable bonds is 3. The molecule has 1 aliphatic heterocycles. The summed E-state index contributed by atoms with van der Waals surface area (Å²) < 4.78 is 20.2. The van der Waals surface area contributed by atoms with E-state index < -0.39 is 0 Å². The Hall–Kier alpha value is -2.96. The smallest absolute Gasteiger partial charge is 0.231 e. The summed E-state index contributed by atoms with van der Waals surface area (Å²) in [5.41, 5.74) is 2.86. The maximum atomic E-state index is 5.51. The first-order valence-electron chi connectivity index (χ1n) is 7.19. The van der Waals surface area contributed by atoms with Crippen molar-refractivity contribution >= 4 is 0 Å². The molecular weight excluding hydrogens is 296 g/mol. The van der Waals surface area contributed by atoms with Gasteiger partial charge in [-0.1, -0.05) is 0 Å². The number of aromatic nitrogens is 4. The van der Waals surface area contributed by atoms with Crippen LogP contribution in [0.5, 0.6) is 17.2 Å². The van der Waals surface area contributed by atoms with Gasteiger partial charge in [0.1, 0.15) is 11.6 Å². The predicted molar refractivity (Wildman–Crippen MR) is 83.2 cm³/mol. The van der Waals surface area contributed by atoms with Crippen LogP contribution in [0.1, 0.15) is 5.69 Å². The topological polar surface area (TPSA) is 63.3 Å². The normalized spacial score (nSPS) is 12.7. The lowest BCUT2D eigenvalue weighted by molar-refractivity contribution is 0.174. The SMILES string of the molecule is COc1cc2c(cc1-c1nccn1-c1cnn(C)c1C)OCO2. The zero-order valence-electron chi connectivity index (χ0n) is 13.1. The molecule has 2 aromatic heterocycles. The monoisotopic (exact) mass is 312 g/mol. The van der Waals surface area contributed by atoms with E-state index in [0.717, 1.165) is 22.8 Å². The van der Waals surface area contributed by atoms with Gasteiger partial charge in [-0.3, -0.25) is 9.25 Å². The number of ether oxygens (including phenoxy) is 3. The second-order valence-electron chi connectivity index (χ2n) is 5.27. The van der Waals surface area contributed by atoms with Gasteiger partial charge in [0.2, 0.25) is 6.79 Å². The minimum atomic E-state index is 0.220. The molecule has 0 fully saturated rings. The fraction of sp³-hybridized carbons (Fsp3) is 0.250. The molecule has 0 amide bonds. The number of imidazole rings is 1. The quantitative estimate of drug-likeness (QED) is 0.742. The highest BCUT2D eigenvalue weighted by Crippen LogP contribution is 2.42. The van der Waals surface area contributed by atoms with Gasteiger partial charge in [0.15, 0.2) is 11.5 Å². The first-order chi connectivity index (χ1) is 11.2. The van der Waals surface area contributed by atoms with Gasteiger partial charge in [-0.2, -0.15) is 5.10 Å². The van der Waals surface area contributed by atoms with Crippen LogP contribution in [-0.2, 0) is 7.05 Å². The molecule has 23 heavy (non-hydrogen) atoms. The summed E-state index contributed by atoms with van der Waals surface area (Å²) in [5, 5.41) is 4.30. The number of nitrogens with zero attached hydrogens (tertiary/aromatic N) is 4. The Bertz CT molecular complexity index is 882. The van der Waals surface area contributed by atoms with E-state index in [4.69, 9.17) is 14.2 Å². The molecule has 7 heteroatoms. The molecule has 0 saturated carbocycles. The fourth-order valence-electron chi connectivity index (χ4n) is 2.69. The molecule has 0 atom stereocenters. The summed E-state index contributed by atoms with van der Waals surface area (Å²) >= 11 is 0. The van der Waals surface area contributed by atoms with Crippen molar-refractivity contribution in [3.8, 4) is 34.3 Å². The van der Waals surface area contributed by atoms with Gasteiger partial charge in [-0.15, -0.1) is 0 Å². The molecule has 0 spiro atoms. The second kappa shape index (κ2) is 5.05. The van der Waals surface area contributed by atoms with Gasteiger partial charge in [-0.25, -0.2) is 4.98 Å². The van der Waals surface area contributed by atoms with Crippen LogP contribution in [0.4, 0.5) is 0 Å². The van der Waals surface area contributed by atoms with Crippen LogP contribution in [0, 0.1) is 6.92 Å². The average molecular weight is 312 g/mol. The summed E-state index contributed by atoms with van der Waals surface area (Å²) in [5.74, 6) is 2.82. The Morgan fingerprint density at radius 3 is 2.70 bits per heavy atom. The van der Waals surface area contributed by atoms with Crippen LogP contribution in [0.15, 0.2) is 30.7 Å². The van der Waals surface area contributed by atoms with E-state index in [1.807, 2.05) is 47.7 Å². The third-order valence-electron chi connectivity index (χ3n) is 4.05. The number of hydrogen-bond donors (Lipinski definition) is 0. The molecule has 118 valence electrons. The van der Waals surface area contributed by atoms with Crippen LogP contribution in [0.3, 0.4) is 0 Å². The summed E-state index contributed by atoms with van der Waals surface area (Å²) in [7, 11) is 3.54. The van der Waals surface area contributed by atoms with Crippen LogP contribution < -0.4 is 14.2 Å². The van der Waals surface area contributed by atoms with Gasteiger partial charge in [0.25, 0.3) is 0 Å². The Labute approximate surface area is 133 Å². The van der Waals surface area contributed by atoms with Gasteiger partial charge < -0.3 is 14.2 Å². The van der Waals surface area contributed by atoms with Crippen molar-refractivity contribution < 1.29 is 14.2 Å². The van der Waals surface area contributed by atoms with E-state index in [1.54, 1.807) is 13.3 Å². The first-order valence-corrected chi connectivity index (χ1v) is 7.19. The Balaban J connectivity index is 1.90. The summed E-state index contributed by atoms with van der Waals surface area (Å²) in [6.45, 7) is 2.24. The highest BCUT2D eigenvalue weighted by atomic mass is 16.7. The van der Waals surface area contributed by atoms with Crippen molar-refractivity contribution in [3.05, 3.63) is 36.4 Å². The molecule has 0 radical (unpaired) electrons. The highest BCUT2D eigenvalue weighted by Gasteiger charge is 2.22. The molecule has 0 unspecified atom stereocenters. The predicted octanol–water partition coefficient (Wildman–Crippen LogP) is 2.32. The highest BCUT2D eigenvalue weighted by molar-refractivity contribution is 5.71. The maximum absolute atomic E-state index is 5.51. The molecule has 0 bridgehead atoms. The summed E-state index contributed by atoms with van der Waals surface area (Å²) in [4.78, 5) is 4.50. The van der Waals surface area contributed by atoms with E-state index in [1.165, 1.54) is 0 Å². The Kier molecular flexibility index (Phi) is 3.00. The van der Waals surface area contributed by atoms with E-state index in [9.17, 15) is 0 Å². The minimum absolute atomic E-state index is 0.220. The van der Waals surface area contributed by atoms with E-state index in [2.05, 4.69) is 10.1 Å². The van der Waals surface area contributed by atoms with Crippen molar-refractivity contribution in [1.29, 1.82) is 0 Å². The van der Waals surface area contributed by atoms with Crippen LogP contribution in [0.25, 0.3) is 17.1 Å². The average Bonchev–Trinajstić information content (AvgIpc) is 3.27. The van der Waals surface area contributed by atoms with Gasteiger partial charge >= 0.3 is 0 Å². The van der Waals surface area contributed by atoms with Crippen molar-refractivity contribution in [3.63, 3.8) is 0 Å². The van der Waals surface area contributed by atoms with Gasteiger partial charge in [-0.05, 0) is 13.0 Å². The largest absolute Gasteiger partial charge is 0.496 e. The molecule has 3 aromatic rings. The molecule has 4 rings (SSSR count). The van der Waals surface area contributed by atoms with E-state index in [-0.39, 0.29) is 6.79 Å². The Morgan fingerprint density at radius 2 is 2.00 bits per heavy atom. The van der Waals surface area contributed by atoms with Crippen LogP contribution in [0.2, 0.25) is 0 Å². The van der Waals surface area contributed by atoms with Crippen LogP contribution in [-0.4, -0.2) is 33.2 Å². The minimum Gasteiger partial charge on any atom is -0.496 e. The zero-order valence-corrected chi connectivity index (χ0v) is 13.1. The molecule has 7 nitrogen and oxygen atoms in total. The number of hydrogen-bond acceptors (Lipinski definition) is 5. The number of benzene rings is 1. The number of fused-ring (bicyclic) bond motifs is 1. The van der Waals surface area contributed by atoms with Gasteiger partial charge in [0.05, 0.1) is 30.3 Å². The number of methoxy groups -OCH3 is 1. The summed E-state index contributed by atoms with van der Waals surface area (Å²) in [6, 6.07) is 3.72. The van der Waals surface area contributed by atoms with Crippen LogP contribution >= 0.6 is 0 Å². The third-order valence-corrected chi connectivity index (χ3v) is 4.05. The second-order valence-corrected chi connectivity index (χ2v) is 5.27.